The molecule has 2 amide bonds. The molecule has 0 atom stereocenters. The van der Waals surface area contributed by atoms with Crippen LogP contribution in [-0.2, 0) is 0 Å². The largest absolute Gasteiger partial charge is 0.324 e. The molecule has 0 saturated heterocycles. The minimum absolute atomic E-state index is 0.168. The van der Waals surface area contributed by atoms with Crippen molar-refractivity contribution in [2.75, 3.05) is 10.6 Å². The van der Waals surface area contributed by atoms with Gasteiger partial charge in [0, 0.05) is 22.2 Å². The third-order valence-corrected chi connectivity index (χ3v) is 3.05. The van der Waals surface area contributed by atoms with Gasteiger partial charge < -0.3 is 5.32 Å². The van der Waals surface area contributed by atoms with E-state index in [4.69, 9.17) is 23.2 Å². The zero-order valence-corrected chi connectivity index (χ0v) is 10.6. The van der Waals surface area contributed by atoms with E-state index in [2.05, 4.69) is 20.2 Å². The number of amides is 2. The first-order valence-corrected chi connectivity index (χ1v) is 5.99. The molecule has 0 aliphatic rings. The van der Waals surface area contributed by atoms with Crippen LogP contribution in [0.2, 0.25) is 10.2 Å². The standard InChI is InChI=1S/C9H6Cl2N4OS/c10-5-1-3-6(4-2-5)12-9(16)13-8-7(11)14-15-17-8/h1-4H,(H2,12,13,16). The molecule has 1 aromatic carbocycles. The Morgan fingerprint density at radius 2 is 1.88 bits per heavy atom. The van der Waals surface area contributed by atoms with Crippen molar-refractivity contribution in [2.24, 2.45) is 0 Å². The summed E-state index contributed by atoms with van der Waals surface area (Å²) in [6.07, 6.45) is 0. The highest BCUT2D eigenvalue weighted by atomic mass is 35.5. The van der Waals surface area contributed by atoms with Gasteiger partial charge in [0.05, 0.1) is 0 Å². The topological polar surface area (TPSA) is 66.9 Å². The van der Waals surface area contributed by atoms with Crippen LogP contribution in [0.1, 0.15) is 0 Å². The van der Waals surface area contributed by atoms with E-state index < -0.39 is 6.03 Å². The van der Waals surface area contributed by atoms with E-state index in [1.54, 1.807) is 24.3 Å². The lowest BCUT2D eigenvalue weighted by molar-refractivity contribution is 0.262. The van der Waals surface area contributed by atoms with Crippen LogP contribution in [0.4, 0.5) is 15.5 Å². The minimum atomic E-state index is -0.416. The Hall–Kier alpha value is -1.37. The van der Waals surface area contributed by atoms with Crippen LogP contribution >= 0.6 is 34.7 Å². The van der Waals surface area contributed by atoms with Crippen molar-refractivity contribution in [2.45, 2.75) is 0 Å². The number of benzene rings is 1. The molecular formula is C9H6Cl2N4OS. The first-order valence-electron chi connectivity index (χ1n) is 4.46. The molecule has 0 aliphatic carbocycles. The third kappa shape index (κ3) is 3.29. The van der Waals surface area contributed by atoms with Crippen LogP contribution < -0.4 is 10.6 Å². The van der Waals surface area contributed by atoms with Crippen molar-refractivity contribution < 1.29 is 4.79 Å². The van der Waals surface area contributed by atoms with Crippen molar-refractivity contribution in [1.29, 1.82) is 0 Å². The Morgan fingerprint density at radius 1 is 1.18 bits per heavy atom. The summed E-state index contributed by atoms with van der Waals surface area (Å²) in [5, 5.41) is 9.88. The van der Waals surface area contributed by atoms with Gasteiger partial charge in [0.25, 0.3) is 0 Å². The van der Waals surface area contributed by atoms with Gasteiger partial charge in [-0.1, -0.05) is 27.7 Å². The summed E-state index contributed by atoms with van der Waals surface area (Å²) in [6.45, 7) is 0. The average molecular weight is 289 g/mol. The highest BCUT2D eigenvalue weighted by Crippen LogP contribution is 2.22. The second-order valence-electron chi connectivity index (χ2n) is 2.98. The third-order valence-electron chi connectivity index (χ3n) is 1.78. The van der Waals surface area contributed by atoms with Gasteiger partial charge in [-0.3, -0.25) is 5.32 Å². The fourth-order valence-corrected chi connectivity index (χ4v) is 1.87. The van der Waals surface area contributed by atoms with E-state index in [0.29, 0.717) is 15.7 Å². The Balaban J connectivity index is 1.98. The highest BCUT2D eigenvalue weighted by Gasteiger charge is 2.09. The fraction of sp³-hybridized carbons (Fsp3) is 0. The number of carbonyl (C=O) groups excluding carboxylic acids is 1. The van der Waals surface area contributed by atoms with E-state index in [1.807, 2.05) is 0 Å². The molecule has 1 aromatic heterocycles. The van der Waals surface area contributed by atoms with E-state index in [-0.39, 0.29) is 5.15 Å². The van der Waals surface area contributed by atoms with Crippen LogP contribution in [0.5, 0.6) is 0 Å². The second kappa shape index (κ2) is 5.31. The molecule has 0 radical (unpaired) electrons. The summed E-state index contributed by atoms with van der Waals surface area (Å²) >= 11 is 12.4. The molecule has 5 nitrogen and oxygen atoms in total. The van der Waals surface area contributed by atoms with Crippen LogP contribution in [-0.4, -0.2) is 15.6 Å². The lowest BCUT2D eigenvalue weighted by atomic mass is 10.3. The fourth-order valence-electron chi connectivity index (χ4n) is 1.05. The molecule has 88 valence electrons. The predicted octanol–water partition coefficient (Wildman–Crippen LogP) is 3.49. The Bertz CT molecular complexity index is 528. The van der Waals surface area contributed by atoms with Crippen LogP contribution in [0.25, 0.3) is 0 Å². The molecule has 17 heavy (non-hydrogen) atoms. The van der Waals surface area contributed by atoms with Crippen LogP contribution in [0.15, 0.2) is 24.3 Å². The number of aromatic nitrogens is 2. The zero-order valence-electron chi connectivity index (χ0n) is 8.28. The van der Waals surface area contributed by atoms with Crippen molar-refractivity contribution in [3.05, 3.63) is 34.4 Å². The summed E-state index contributed by atoms with van der Waals surface area (Å²) < 4.78 is 3.59. The molecule has 0 aliphatic heterocycles. The van der Waals surface area contributed by atoms with Crippen molar-refractivity contribution in [3.63, 3.8) is 0 Å². The smallest absolute Gasteiger partial charge is 0.308 e. The van der Waals surface area contributed by atoms with Gasteiger partial charge in [-0.2, -0.15) is 0 Å². The molecule has 1 heterocycles. The van der Waals surface area contributed by atoms with Gasteiger partial charge in [-0.15, -0.1) is 5.10 Å². The van der Waals surface area contributed by atoms with Crippen molar-refractivity contribution in [3.8, 4) is 0 Å². The maximum absolute atomic E-state index is 11.6. The number of hydrogen-bond acceptors (Lipinski definition) is 4. The van der Waals surface area contributed by atoms with Gasteiger partial charge in [-0.05, 0) is 24.3 Å². The Kier molecular flexibility index (Phi) is 3.78. The van der Waals surface area contributed by atoms with Crippen LogP contribution in [0.3, 0.4) is 0 Å². The number of anilines is 2. The molecule has 0 unspecified atom stereocenters. The zero-order chi connectivity index (χ0) is 12.3. The molecule has 8 heteroatoms. The number of halogens is 2. The number of nitrogens with zero attached hydrogens (tertiary/aromatic N) is 2. The maximum atomic E-state index is 11.6. The number of nitrogens with one attached hydrogen (secondary N) is 2. The summed E-state index contributed by atoms with van der Waals surface area (Å²) in [7, 11) is 0. The molecule has 0 bridgehead atoms. The minimum Gasteiger partial charge on any atom is -0.308 e. The molecule has 0 saturated carbocycles. The van der Waals surface area contributed by atoms with Crippen molar-refractivity contribution >= 4 is 51.5 Å². The number of carbonyl (C=O) groups is 1. The number of urea groups is 1. The molecular weight excluding hydrogens is 283 g/mol. The van der Waals surface area contributed by atoms with Gasteiger partial charge >= 0.3 is 6.03 Å². The van der Waals surface area contributed by atoms with Gasteiger partial charge in [0.2, 0.25) is 0 Å². The van der Waals surface area contributed by atoms with Crippen molar-refractivity contribution in [1.82, 2.24) is 9.59 Å². The molecule has 0 fully saturated rings. The Morgan fingerprint density at radius 3 is 2.47 bits per heavy atom. The summed E-state index contributed by atoms with van der Waals surface area (Å²) in [5.74, 6) is 0. The monoisotopic (exact) mass is 288 g/mol. The van der Waals surface area contributed by atoms with Gasteiger partial charge in [0.1, 0.15) is 0 Å². The SMILES string of the molecule is O=C(Nc1ccc(Cl)cc1)Nc1snnc1Cl. The summed E-state index contributed by atoms with van der Waals surface area (Å²) in [5.41, 5.74) is 0.625. The molecule has 0 spiro atoms. The normalized spacial score (nSPS) is 10.0. The molecule has 2 N–H and O–H groups in total. The predicted molar refractivity (Wildman–Crippen MR) is 69.0 cm³/mol. The first kappa shape index (κ1) is 12.1. The number of hydrogen-bond donors (Lipinski definition) is 2. The lowest BCUT2D eigenvalue weighted by Gasteiger charge is -2.05. The van der Waals surface area contributed by atoms with Crippen LogP contribution in [0, 0.1) is 0 Å². The highest BCUT2D eigenvalue weighted by molar-refractivity contribution is 7.10. The van der Waals surface area contributed by atoms with Gasteiger partial charge in [-0.25, -0.2) is 4.79 Å². The number of rotatable bonds is 2. The first-order chi connectivity index (χ1) is 8.15. The molecule has 2 aromatic rings. The summed E-state index contributed by atoms with van der Waals surface area (Å²) in [6, 6.07) is 6.32. The lowest BCUT2D eigenvalue weighted by Crippen LogP contribution is -2.18. The average Bonchev–Trinajstić information content (AvgIpc) is 2.68. The molecule has 2 rings (SSSR count). The maximum Gasteiger partial charge on any atom is 0.324 e. The van der Waals surface area contributed by atoms with E-state index in [1.165, 1.54) is 0 Å². The van der Waals surface area contributed by atoms with Gasteiger partial charge in [0.15, 0.2) is 10.2 Å². The summed E-state index contributed by atoms with van der Waals surface area (Å²) in [4.78, 5) is 11.6. The van der Waals surface area contributed by atoms with E-state index in [0.717, 1.165) is 11.5 Å². The van der Waals surface area contributed by atoms with E-state index >= 15 is 0 Å². The Labute approximate surface area is 111 Å². The van der Waals surface area contributed by atoms with E-state index in [9.17, 15) is 4.79 Å². The second-order valence-corrected chi connectivity index (χ2v) is 4.53. The quantitative estimate of drug-likeness (QED) is 0.889.